The summed E-state index contributed by atoms with van der Waals surface area (Å²) in [5.41, 5.74) is 1.04. The van der Waals surface area contributed by atoms with Gasteiger partial charge in [0.05, 0.1) is 0 Å². The molecule has 0 heterocycles. The molecule has 0 unspecified atom stereocenters. The number of hydrogen-bond acceptors (Lipinski definition) is 1. The molecule has 0 fully saturated rings. The SMILES string of the molecule is C/C=C(C)\C(Cl)=N/CC. The monoisotopic (exact) mass is 145 g/mol. The summed E-state index contributed by atoms with van der Waals surface area (Å²) in [6, 6.07) is 0. The molecule has 0 rings (SSSR count). The van der Waals surface area contributed by atoms with E-state index in [0.29, 0.717) is 5.17 Å². The van der Waals surface area contributed by atoms with Crippen molar-refractivity contribution in [2.45, 2.75) is 20.8 Å². The molecule has 0 bridgehead atoms. The summed E-state index contributed by atoms with van der Waals surface area (Å²) >= 11 is 5.71. The summed E-state index contributed by atoms with van der Waals surface area (Å²) in [6.07, 6.45) is 1.95. The molecular weight excluding hydrogens is 134 g/mol. The average molecular weight is 146 g/mol. The van der Waals surface area contributed by atoms with Crippen molar-refractivity contribution in [3.8, 4) is 0 Å². The minimum Gasteiger partial charge on any atom is -0.273 e. The molecule has 0 saturated heterocycles. The fourth-order valence-corrected chi connectivity index (χ4v) is 0.611. The molecule has 0 N–H and O–H groups in total. The molecule has 2 heteroatoms. The Morgan fingerprint density at radius 2 is 2.22 bits per heavy atom. The van der Waals surface area contributed by atoms with Crippen LogP contribution in [0.4, 0.5) is 0 Å². The van der Waals surface area contributed by atoms with Gasteiger partial charge in [-0.15, -0.1) is 0 Å². The number of nitrogens with zero attached hydrogens (tertiary/aromatic N) is 1. The number of aliphatic imine (C=N–C) groups is 1. The van der Waals surface area contributed by atoms with E-state index in [1.807, 2.05) is 26.8 Å². The minimum absolute atomic E-state index is 0.625. The fourth-order valence-electron chi connectivity index (χ4n) is 0.383. The maximum Gasteiger partial charge on any atom is 0.126 e. The second kappa shape index (κ2) is 4.57. The smallest absolute Gasteiger partial charge is 0.126 e. The summed E-state index contributed by atoms with van der Waals surface area (Å²) in [7, 11) is 0. The molecule has 0 atom stereocenters. The second-order valence-corrected chi connectivity index (χ2v) is 2.09. The Bertz CT molecular complexity index is 136. The van der Waals surface area contributed by atoms with Gasteiger partial charge >= 0.3 is 0 Å². The van der Waals surface area contributed by atoms with E-state index < -0.39 is 0 Å². The van der Waals surface area contributed by atoms with Crippen molar-refractivity contribution in [3.05, 3.63) is 11.6 Å². The van der Waals surface area contributed by atoms with Crippen molar-refractivity contribution < 1.29 is 0 Å². The van der Waals surface area contributed by atoms with Gasteiger partial charge in [0.2, 0.25) is 0 Å². The molecule has 0 amide bonds. The lowest BCUT2D eigenvalue weighted by atomic mass is 10.3. The van der Waals surface area contributed by atoms with Crippen molar-refractivity contribution in [1.29, 1.82) is 0 Å². The van der Waals surface area contributed by atoms with Crippen LogP contribution in [0.5, 0.6) is 0 Å². The first-order valence-corrected chi connectivity index (χ1v) is 3.43. The van der Waals surface area contributed by atoms with Crippen LogP contribution in [0.1, 0.15) is 20.8 Å². The molecule has 1 nitrogen and oxygen atoms in total. The molecule has 0 aliphatic rings. The van der Waals surface area contributed by atoms with E-state index in [1.165, 1.54) is 0 Å². The zero-order valence-electron chi connectivity index (χ0n) is 6.11. The zero-order valence-corrected chi connectivity index (χ0v) is 6.87. The van der Waals surface area contributed by atoms with Crippen molar-refractivity contribution in [2.75, 3.05) is 6.54 Å². The van der Waals surface area contributed by atoms with Gasteiger partial charge in [0.1, 0.15) is 5.17 Å². The van der Waals surface area contributed by atoms with E-state index in [-0.39, 0.29) is 0 Å². The van der Waals surface area contributed by atoms with E-state index in [1.54, 1.807) is 0 Å². The van der Waals surface area contributed by atoms with Crippen molar-refractivity contribution in [1.82, 2.24) is 0 Å². The van der Waals surface area contributed by atoms with Gasteiger partial charge in [-0.1, -0.05) is 17.7 Å². The van der Waals surface area contributed by atoms with Crippen LogP contribution in [-0.2, 0) is 0 Å². The lowest BCUT2D eigenvalue weighted by Gasteiger charge is -1.93. The van der Waals surface area contributed by atoms with Crippen molar-refractivity contribution in [2.24, 2.45) is 4.99 Å². The average Bonchev–Trinajstić information content (AvgIpc) is 1.87. The third-order valence-electron chi connectivity index (χ3n) is 1.06. The molecular formula is C7H12ClN. The van der Waals surface area contributed by atoms with Gasteiger partial charge < -0.3 is 0 Å². The molecule has 52 valence electrons. The number of allylic oxidation sites excluding steroid dienone is 2. The van der Waals surface area contributed by atoms with E-state index in [0.717, 1.165) is 12.1 Å². The van der Waals surface area contributed by atoms with Crippen LogP contribution in [0.2, 0.25) is 0 Å². The topological polar surface area (TPSA) is 12.4 Å². The standard InChI is InChI=1S/C7H12ClN/c1-4-6(3)7(8)9-5-2/h4H,5H2,1-3H3/b6-4-,9-7+. The predicted molar refractivity (Wildman–Crippen MR) is 43.3 cm³/mol. The Morgan fingerprint density at radius 3 is 2.56 bits per heavy atom. The molecule has 0 aromatic carbocycles. The van der Waals surface area contributed by atoms with Crippen molar-refractivity contribution in [3.63, 3.8) is 0 Å². The summed E-state index contributed by atoms with van der Waals surface area (Å²) in [6.45, 7) is 6.61. The maximum atomic E-state index is 5.71. The first-order chi connectivity index (χ1) is 4.22. The highest BCUT2D eigenvalue weighted by atomic mass is 35.5. The highest BCUT2D eigenvalue weighted by Crippen LogP contribution is 2.00. The van der Waals surface area contributed by atoms with Gasteiger partial charge in [-0.3, -0.25) is 4.99 Å². The summed E-state index contributed by atoms with van der Waals surface area (Å²) in [5.74, 6) is 0. The van der Waals surface area contributed by atoms with E-state index >= 15 is 0 Å². The summed E-state index contributed by atoms with van der Waals surface area (Å²) in [4.78, 5) is 4.01. The molecule has 0 aliphatic heterocycles. The molecule has 9 heavy (non-hydrogen) atoms. The highest BCUT2D eigenvalue weighted by Gasteiger charge is 1.91. The molecule has 0 aliphatic carbocycles. The summed E-state index contributed by atoms with van der Waals surface area (Å²) in [5, 5.41) is 0.625. The molecule has 0 aromatic rings. The van der Waals surface area contributed by atoms with Crippen LogP contribution >= 0.6 is 11.6 Å². The Labute approximate surface area is 61.4 Å². The third kappa shape index (κ3) is 3.31. The van der Waals surface area contributed by atoms with Gasteiger partial charge in [0.15, 0.2) is 0 Å². The Hall–Kier alpha value is -0.300. The van der Waals surface area contributed by atoms with Crippen molar-refractivity contribution >= 4 is 16.8 Å². The number of halogens is 1. The van der Waals surface area contributed by atoms with Gasteiger partial charge in [0.25, 0.3) is 0 Å². The molecule has 0 spiro atoms. The highest BCUT2D eigenvalue weighted by molar-refractivity contribution is 6.69. The lowest BCUT2D eigenvalue weighted by molar-refractivity contribution is 1.13. The van der Waals surface area contributed by atoms with Crippen LogP contribution in [0.25, 0.3) is 0 Å². The van der Waals surface area contributed by atoms with E-state index in [9.17, 15) is 0 Å². The first kappa shape index (κ1) is 8.70. The Kier molecular flexibility index (Phi) is 4.41. The molecule has 0 radical (unpaired) electrons. The first-order valence-electron chi connectivity index (χ1n) is 3.05. The molecule has 0 saturated carbocycles. The van der Waals surface area contributed by atoms with Crippen LogP contribution in [0, 0.1) is 0 Å². The zero-order chi connectivity index (χ0) is 7.28. The van der Waals surface area contributed by atoms with Gasteiger partial charge in [-0.25, -0.2) is 0 Å². The van der Waals surface area contributed by atoms with E-state index in [4.69, 9.17) is 11.6 Å². The van der Waals surface area contributed by atoms with Crippen LogP contribution in [0.15, 0.2) is 16.6 Å². The van der Waals surface area contributed by atoms with Crippen LogP contribution < -0.4 is 0 Å². The van der Waals surface area contributed by atoms with Gasteiger partial charge in [0, 0.05) is 6.54 Å². The third-order valence-corrected chi connectivity index (χ3v) is 1.47. The largest absolute Gasteiger partial charge is 0.273 e. The van der Waals surface area contributed by atoms with Gasteiger partial charge in [-0.05, 0) is 26.3 Å². The maximum absolute atomic E-state index is 5.71. The Balaban J connectivity index is 4.03. The quantitative estimate of drug-likeness (QED) is 0.530. The fraction of sp³-hybridized carbons (Fsp3) is 0.571. The minimum atomic E-state index is 0.625. The second-order valence-electron chi connectivity index (χ2n) is 1.74. The normalized spacial score (nSPS) is 14.2. The van der Waals surface area contributed by atoms with Gasteiger partial charge in [-0.2, -0.15) is 0 Å². The number of hydrogen-bond donors (Lipinski definition) is 0. The molecule has 0 aromatic heterocycles. The lowest BCUT2D eigenvalue weighted by Crippen LogP contribution is -1.89. The van der Waals surface area contributed by atoms with E-state index in [2.05, 4.69) is 4.99 Å². The van der Waals surface area contributed by atoms with Crippen LogP contribution in [0.3, 0.4) is 0 Å². The Morgan fingerprint density at radius 1 is 1.67 bits per heavy atom. The predicted octanol–water partition coefficient (Wildman–Crippen LogP) is 2.61. The van der Waals surface area contributed by atoms with Crippen LogP contribution in [-0.4, -0.2) is 11.7 Å². The number of rotatable bonds is 2. The summed E-state index contributed by atoms with van der Waals surface area (Å²) < 4.78 is 0.